The zero-order valence-corrected chi connectivity index (χ0v) is 8.21. The summed E-state index contributed by atoms with van der Waals surface area (Å²) in [6.45, 7) is 2.03. The van der Waals surface area contributed by atoms with Crippen LogP contribution in [-0.4, -0.2) is 18.9 Å². The summed E-state index contributed by atoms with van der Waals surface area (Å²) >= 11 is 0. The van der Waals surface area contributed by atoms with Crippen molar-refractivity contribution < 1.29 is 14.3 Å². The Morgan fingerprint density at radius 2 is 2.00 bits per heavy atom. The molecule has 0 aromatic rings. The third-order valence-corrected chi connectivity index (χ3v) is 1.56. The van der Waals surface area contributed by atoms with E-state index in [1.807, 2.05) is 19.1 Å². The highest BCUT2D eigenvalue weighted by Gasteiger charge is 2.07. The molecular formula is C10H16O3. The zero-order chi connectivity index (χ0) is 10.1. The van der Waals surface area contributed by atoms with Gasteiger partial charge < -0.3 is 4.74 Å². The molecule has 3 heteroatoms. The first kappa shape index (κ1) is 11.9. The standard InChI is InChI=1S/C10H16O3/c1-3-4-5-6-7-9(11)8-10(12)13-2/h4-5H,3,6-8H2,1-2H3. The number of esters is 1. The fraction of sp³-hybridized carbons (Fsp3) is 0.600. The van der Waals surface area contributed by atoms with Crippen molar-refractivity contribution in [3.05, 3.63) is 12.2 Å². The summed E-state index contributed by atoms with van der Waals surface area (Å²) in [5.74, 6) is -0.517. The molecule has 0 radical (unpaired) electrons. The van der Waals surface area contributed by atoms with E-state index in [0.29, 0.717) is 12.8 Å². The number of carbonyl (C=O) groups is 2. The van der Waals surface area contributed by atoms with E-state index < -0.39 is 5.97 Å². The largest absolute Gasteiger partial charge is 0.469 e. The highest BCUT2D eigenvalue weighted by Crippen LogP contribution is 1.98. The molecule has 13 heavy (non-hydrogen) atoms. The second-order valence-corrected chi connectivity index (χ2v) is 2.71. The molecule has 0 spiro atoms. The molecule has 0 aliphatic carbocycles. The molecule has 0 saturated carbocycles. The van der Waals surface area contributed by atoms with Gasteiger partial charge >= 0.3 is 5.97 Å². The molecule has 0 aliphatic rings. The lowest BCUT2D eigenvalue weighted by Crippen LogP contribution is -2.08. The van der Waals surface area contributed by atoms with Crippen LogP contribution in [-0.2, 0) is 14.3 Å². The molecule has 0 rings (SSSR count). The molecule has 0 bridgehead atoms. The van der Waals surface area contributed by atoms with Crippen molar-refractivity contribution in [3.63, 3.8) is 0 Å². The molecule has 0 aromatic heterocycles. The predicted octanol–water partition coefficient (Wildman–Crippen LogP) is 1.86. The molecule has 0 aliphatic heterocycles. The van der Waals surface area contributed by atoms with Gasteiger partial charge in [0.05, 0.1) is 7.11 Å². The molecule has 0 fully saturated rings. The monoisotopic (exact) mass is 184 g/mol. The molecule has 0 amide bonds. The Kier molecular flexibility index (Phi) is 6.88. The first-order valence-electron chi connectivity index (χ1n) is 4.44. The molecule has 74 valence electrons. The third-order valence-electron chi connectivity index (χ3n) is 1.56. The number of hydrogen-bond donors (Lipinski definition) is 0. The van der Waals surface area contributed by atoms with E-state index in [1.54, 1.807) is 0 Å². The molecule has 0 heterocycles. The molecule has 0 aromatic carbocycles. The summed E-state index contributed by atoms with van der Waals surface area (Å²) in [6.07, 6.45) is 5.97. The molecule has 0 N–H and O–H groups in total. The van der Waals surface area contributed by atoms with Gasteiger partial charge in [-0.2, -0.15) is 0 Å². The van der Waals surface area contributed by atoms with Crippen LogP contribution in [0, 0.1) is 0 Å². The van der Waals surface area contributed by atoms with Gasteiger partial charge in [0.2, 0.25) is 0 Å². The lowest BCUT2D eigenvalue weighted by atomic mass is 10.1. The van der Waals surface area contributed by atoms with Gasteiger partial charge in [0.1, 0.15) is 12.2 Å². The van der Waals surface area contributed by atoms with E-state index in [2.05, 4.69) is 4.74 Å². The van der Waals surface area contributed by atoms with Crippen molar-refractivity contribution >= 4 is 11.8 Å². The van der Waals surface area contributed by atoms with Crippen molar-refractivity contribution in [2.75, 3.05) is 7.11 Å². The van der Waals surface area contributed by atoms with Gasteiger partial charge in [0.25, 0.3) is 0 Å². The minimum absolute atomic E-state index is 0.0624. The summed E-state index contributed by atoms with van der Waals surface area (Å²) < 4.78 is 4.37. The van der Waals surface area contributed by atoms with E-state index in [1.165, 1.54) is 7.11 Å². The van der Waals surface area contributed by atoms with Crippen molar-refractivity contribution in [1.82, 2.24) is 0 Å². The van der Waals surface area contributed by atoms with Gasteiger partial charge in [-0.15, -0.1) is 0 Å². The van der Waals surface area contributed by atoms with Gasteiger partial charge in [0, 0.05) is 6.42 Å². The minimum Gasteiger partial charge on any atom is -0.469 e. The Hall–Kier alpha value is -1.12. The summed E-state index contributed by atoms with van der Waals surface area (Å²) in [5.41, 5.74) is 0. The topological polar surface area (TPSA) is 43.4 Å². The average molecular weight is 184 g/mol. The van der Waals surface area contributed by atoms with Crippen molar-refractivity contribution in [2.45, 2.75) is 32.6 Å². The highest BCUT2D eigenvalue weighted by molar-refractivity contribution is 5.95. The van der Waals surface area contributed by atoms with Crippen LogP contribution in [0.25, 0.3) is 0 Å². The van der Waals surface area contributed by atoms with Crippen LogP contribution in [0.3, 0.4) is 0 Å². The Balaban J connectivity index is 3.52. The normalized spacial score (nSPS) is 10.3. The lowest BCUT2D eigenvalue weighted by molar-refractivity contribution is -0.143. The van der Waals surface area contributed by atoms with E-state index in [-0.39, 0.29) is 12.2 Å². The fourth-order valence-corrected chi connectivity index (χ4v) is 0.850. The van der Waals surface area contributed by atoms with E-state index in [4.69, 9.17) is 0 Å². The SMILES string of the molecule is CCC=CCCC(=O)CC(=O)OC. The smallest absolute Gasteiger partial charge is 0.313 e. The Labute approximate surface area is 78.8 Å². The van der Waals surface area contributed by atoms with Crippen molar-refractivity contribution in [2.24, 2.45) is 0 Å². The molecular weight excluding hydrogens is 168 g/mol. The van der Waals surface area contributed by atoms with Gasteiger partial charge in [-0.3, -0.25) is 9.59 Å². The van der Waals surface area contributed by atoms with Crippen molar-refractivity contribution in [1.29, 1.82) is 0 Å². The maximum Gasteiger partial charge on any atom is 0.313 e. The number of allylic oxidation sites excluding steroid dienone is 2. The average Bonchev–Trinajstić information content (AvgIpc) is 2.12. The van der Waals surface area contributed by atoms with E-state index in [9.17, 15) is 9.59 Å². The van der Waals surface area contributed by atoms with Gasteiger partial charge in [-0.05, 0) is 12.8 Å². The van der Waals surface area contributed by atoms with Crippen LogP contribution in [0.4, 0.5) is 0 Å². The van der Waals surface area contributed by atoms with Crippen LogP contribution in [0.15, 0.2) is 12.2 Å². The maximum absolute atomic E-state index is 11.0. The second-order valence-electron chi connectivity index (χ2n) is 2.71. The molecule has 0 saturated heterocycles. The number of Topliss-reactive ketones (excluding diaryl/α,β-unsaturated/α-hetero) is 1. The Bertz CT molecular complexity index is 194. The Morgan fingerprint density at radius 3 is 2.54 bits per heavy atom. The van der Waals surface area contributed by atoms with Crippen molar-refractivity contribution in [3.8, 4) is 0 Å². The quantitative estimate of drug-likeness (QED) is 0.359. The highest BCUT2D eigenvalue weighted by atomic mass is 16.5. The van der Waals surface area contributed by atoms with Crippen LogP contribution in [0.1, 0.15) is 32.6 Å². The van der Waals surface area contributed by atoms with E-state index >= 15 is 0 Å². The summed E-state index contributed by atoms with van der Waals surface area (Å²) in [4.78, 5) is 21.7. The fourth-order valence-electron chi connectivity index (χ4n) is 0.850. The number of rotatable bonds is 6. The summed E-state index contributed by atoms with van der Waals surface area (Å²) in [7, 11) is 1.28. The first-order chi connectivity index (χ1) is 6.20. The van der Waals surface area contributed by atoms with E-state index in [0.717, 1.165) is 6.42 Å². The predicted molar refractivity (Wildman–Crippen MR) is 50.3 cm³/mol. The maximum atomic E-state index is 11.0. The molecule has 0 atom stereocenters. The van der Waals surface area contributed by atoms with Gasteiger partial charge in [-0.25, -0.2) is 0 Å². The number of ketones is 1. The summed E-state index contributed by atoms with van der Waals surface area (Å²) in [5, 5.41) is 0. The lowest BCUT2D eigenvalue weighted by Gasteiger charge is -1.96. The zero-order valence-electron chi connectivity index (χ0n) is 8.21. The van der Waals surface area contributed by atoms with Crippen LogP contribution < -0.4 is 0 Å². The van der Waals surface area contributed by atoms with Crippen LogP contribution in [0.2, 0.25) is 0 Å². The number of carbonyl (C=O) groups excluding carboxylic acids is 2. The Morgan fingerprint density at radius 1 is 1.31 bits per heavy atom. The summed E-state index contributed by atoms with van der Waals surface area (Å²) in [6, 6.07) is 0. The van der Waals surface area contributed by atoms with Gasteiger partial charge in [-0.1, -0.05) is 19.1 Å². The number of ether oxygens (including phenoxy) is 1. The first-order valence-corrected chi connectivity index (χ1v) is 4.44. The van der Waals surface area contributed by atoms with Crippen LogP contribution in [0.5, 0.6) is 0 Å². The van der Waals surface area contributed by atoms with Crippen LogP contribution >= 0.6 is 0 Å². The number of hydrogen-bond acceptors (Lipinski definition) is 3. The third kappa shape index (κ3) is 7.25. The van der Waals surface area contributed by atoms with Gasteiger partial charge in [0.15, 0.2) is 0 Å². The molecule has 3 nitrogen and oxygen atoms in total. The minimum atomic E-state index is -0.454. The second kappa shape index (κ2) is 7.53. The number of methoxy groups -OCH3 is 1. The molecule has 0 unspecified atom stereocenters.